The molecular weight excluding hydrogens is 333 g/mol. The van der Waals surface area contributed by atoms with Gasteiger partial charge in [-0.05, 0) is 56.8 Å². The summed E-state index contributed by atoms with van der Waals surface area (Å²) in [6.07, 6.45) is 6.08. The van der Waals surface area contributed by atoms with E-state index >= 15 is 0 Å². The molecule has 0 saturated carbocycles. The van der Waals surface area contributed by atoms with Gasteiger partial charge >= 0.3 is 0 Å². The molecule has 0 unspecified atom stereocenters. The van der Waals surface area contributed by atoms with Gasteiger partial charge in [-0.2, -0.15) is 0 Å². The summed E-state index contributed by atoms with van der Waals surface area (Å²) in [4.78, 5) is 17.9. The van der Waals surface area contributed by atoms with Crippen LogP contribution in [0.25, 0.3) is 6.08 Å². The highest BCUT2D eigenvalue weighted by Crippen LogP contribution is 2.24. The Hall–Kier alpha value is -2.73. The molecule has 0 aliphatic heterocycles. The lowest BCUT2D eigenvalue weighted by molar-refractivity contribution is -0.116. The van der Waals surface area contributed by atoms with Crippen LogP contribution in [0.5, 0.6) is 11.5 Å². The molecule has 0 aliphatic rings. The highest BCUT2D eigenvalue weighted by atomic mass is 19.1. The molecule has 0 atom stereocenters. The summed E-state index contributed by atoms with van der Waals surface area (Å²) in [5.41, 5.74) is 0.579. The number of carbonyl (C=O) groups excluding carboxylic acids is 1. The molecule has 6 heteroatoms. The zero-order valence-corrected chi connectivity index (χ0v) is 15.3. The van der Waals surface area contributed by atoms with Crippen LogP contribution in [0.2, 0.25) is 0 Å². The van der Waals surface area contributed by atoms with Gasteiger partial charge in [0.25, 0.3) is 0 Å². The van der Waals surface area contributed by atoms with Gasteiger partial charge < -0.3 is 15.0 Å². The molecule has 1 amide bonds. The molecule has 138 valence electrons. The Labute approximate surface area is 153 Å². The summed E-state index contributed by atoms with van der Waals surface area (Å²) in [6, 6.07) is 8.37. The van der Waals surface area contributed by atoms with Crippen LogP contribution < -0.4 is 10.1 Å². The van der Waals surface area contributed by atoms with Gasteiger partial charge in [0.15, 0.2) is 11.6 Å². The number of nitrogens with one attached hydrogen (secondary N) is 1. The van der Waals surface area contributed by atoms with E-state index in [1.165, 1.54) is 24.4 Å². The van der Waals surface area contributed by atoms with Gasteiger partial charge in [-0.15, -0.1) is 0 Å². The van der Waals surface area contributed by atoms with Crippen LogP contribution in [0.15, 0.2) is 48.8 Å². The highest BCUT2D eigenvalue weighted by molar-refractivity contribution is 5.91. The summed E-state index contributed by atoms with van der Waals surface area (Å²) in [5.74, 6) is -0.148. The number of halogens is 1. The van der Waals surface area contributed by atoms with Crippen LogP contribution in [0.3, 0.4) is 0 Å². The molecule has 2 aromatic rings. The molecule has 1 N–H and O–H groups in total. The SMILES string of the molecule is CC(C)N(C)CCNC(=O)C=Cc1ccc(Oc2cccnc2)c(F)c1. The summed E-state index contributed by atoms with van der Waals surface area (Å²) in [5, 5.41) is 2.80. The standard InChI is InChI=1S/C20H24FN3O2/c1-15(2)24(3)12-11-23-20(25)9-7-16-6-8-19(18(21)13-16)26-17-5-4-10-22-14-17/h4-10,13-15H,11-12H2,1-3H3,(H,23,25). The molecular formula is C20H24FN3O2. The second-order valence-corrected chi connectivity index (χ2v) is 6.18. The van der Waals surface area contributed by atoms with E-state index < -0.39 is 5.82 Å². The van der Waals surface area contributed by atoms with Crippen molar-refractivity contribution in [2.24, 2.45) is 0 Å². The van der Waals surface area contributed by atoms with E-state index in [1.807, 2.05) is 7.05 Å². The van der Waals surface area contributed by atoms with E-state index in [0.29, 0.717) is 23.9 Å². The first-order valence-corrected chi connectivity index (χ1v) is 8.49. The monoisotopic (exact) mass is 357 g/mol. The van der Waals surface area contributed by atoms with E-state index in [0.717, 1.165) is 6.54 Å². The minimum Gasteiger partial charge on any atom is -0.453 e. The third kappa shape index (κ3) is 6.29. The largest absolute Gasteiger partial charge is 0.453 e. The maximum Gasteiger partial charge on any atom is 0.244 e. The third-order valence-electron chi connectivity index (χ3n) is 3.89. The first-order chi connectivity index (χ1) is 12.5. The minimum absolute atomic E-state index is 0.108. The van der Waals surface area contributed by atoms with Crippen LogP contribution >= 0.6 is 0 Å². The third-order valence-corrected chi connectivity index (χ3v) is 3.89. The van der Waals surface area contributed by atoms with Gasteiger partial charge in [0, 0.05) is 31.4 Å². The normalized spacial score (nSPS) is 11.3. The molecule has 1 aromatic heterocycles. The number of likely N-dealkylation sites (N-methyl/N-ethyl adjacent to an activating group) is 1. The lowest BCUT2D eigenvalue weighted by Gasteiger charge is -2.20. The number of ether oxygens (including phenoxy) is 1. The number of hydrogen-bond donors (Lipinski definition) is 1. The number of aromatic nitrogens is 1. The fraction of sp³-hybridized carbons (Fsp3) is 0.300. The van der Waals surface area contributed by atoms with Crippen molar-refractivity contribution in [1.29, 1.82) is 0 Å². The predicted molar refractivity (Wildman–Crippen MR) is 101 cm³/mol. The van der Waals surface area contributed by atoms with Crippen molar-refractivity contribution in [2.45, 2.75) is 19.9 Å². The zero-order chi connectivity index (χ0) is 18.9. The molecule has 1 aromatic carbocycles. The number of pyridine rings is 1. The first-order valence-electron chi connectivity index (χ1n) is 8.49. The van der Waals surface area contributed by atoms with Crippen LogP contribution in [0.1, 0.15) is 19.4 Å². The van der Waals surface area contributed by atoms with Crippen molar-refractivity contribution in [3.05, 3.63) is 60.2 Å². The predicted octanol–water partition coefficient (Wildman–Crippen LogP) is 3.48. The molecule has 0 bridgehead atoms. The number of amides is 1. The Morgan fingerprint density at radius 3 is 2.85 bits per heavy atom. The lowest BCUT2D eigenvalue weighted by atomic mass is 10.2. The lowest BCUT2D eigenvalue weighted by Crippen LogP contribution is -2.35. The maximum atomic E-state index is 14.1. The fourth-order valence-electron chi connectivity index (χ4n) is 2.08. The molecule has 0 saturated heterocycles. The number of carbonyl (C=O) groups is 1. The van der Waals surface area contributed by atoms with Crippen molar-refractivity contribution >= 4 is 12.0 Å². The number of nitrogens with zero attached hydrogens (tertiary/aromatic N) is 2. The minimum atomic E-state index is -0.505. The van der Waals surface area contributed by atoms with Crippen molar-refractivity contribution in [1.82, 2.24) is 15.2 Å². The molecule has 26 heavy (non-hydrogen) atoms. The second-order valence-electron chi connectivity index (χ2n) is 6.18. The molecule has 0 radical (unpaired) electrons. The Balaban J connectivity index is 1.88. The number of benzene rings is 1. The van der Waals surface area contributed by atoms with Crippen LogP contribution in [0, 0.1) is 5.82 Å². The van der Waals surface area contributed by atoms with Crippen molar-refractivity contribution in [2.75, 3.05) is 20.1 Å². The van der Waals surface area contributed by atoms with Gasteiger partial charge in [-0.1, -0.05) is 6.07 Å². The molecule has 2 rings (SSSR count). The topological polar surface area (TPSA) is 54.5 Å². The molecule has 5 nitrogen and oxygen atoms in total. The smallest absolute Gasteiger partial charge is 0.244 e. The summed E-state index contributed by atoms with van der Waals surface area (Å²) >= 11 is 0. The van der Waals surface area contributed by atoms with E-state index in [1.54, 1.807) is 30.5 Å². The van der Waals surface area contributed by atoms with E-state index in [9.17, 15) is 9.18 Å². The Morgan fingerprint density at radius 2 is 2.19 bits per heavy atom. The Bertz CT molecular complexity index is 748. The highest BCUT2D eigenvalue weighted by Gasteiger charge is 2.06. The van der Waals surface area contributed by atoms with Crippen molar-refractivity contribution in [3.8, 4) is 11.5 Å². The Kier molecular flexibility index (Phi) is 7.29. The van der Waals surface area contributed by atoms with Gasteiger partial charge in [0.05, 0.1) is 6.20 Å². The average Bonchev–Trinajstić information content (AvgIpc) is 2.62. The van der Waals surface area contributed by atoms with Crippen LogP contribution in [-0.2, 0) is 4.79 Å². The maximum absolute atomic E-state index is 14.1. The number of rotatable bonds is 8. The average molecular weight is 357 g/mol. The molecule has 0 aliphatic carbocycles. The van der Waals surface area contributed by atoms with E-state index in [4.69, 9.17) is 4.74 Å². The van der Waals surface area contributed by atoms with Gasteiger partial charge in [-0.25, -0.2) is 4.39 Å². The fourth-order valence-corrected chi connectivity index (χ4v) is 2.08. The summed E-state index contributed by atoms with van der Waals surface area (Å²) in [7, 11) is 2.00. The van der Waals surface area contributed by atoms with Gasteiger partial charge in [0.2, 0.25) is 5.91 Å². The zero-order valence-electron chi connectivity index (χ0n) is 15.3. The van der Waals surface area contributed by atoms with Gasteiger partial charge in [-0.3, -0.25) is 9.78 Å². The van der Waals surface area contributed by atoms with Gasteiger partial charge in [0.1, 0.15) is 5.75 Å². The second kappa shape index (κ2) is 9.68. The van der Waals surface area contributed by atoms with Crippen molar-refractivity contribution in [3.63, 3.8) is 0 Å². The van der Waals surface area contributed by atoms with E-state index in [-0.39, 0.29) is 11.7 Å². The Morgan fingerprint density at radius 1 is 1.38 bits per heavy atom. The molecule has 0 fully saturated rings. The van der Waals surface area contributed by atoms with E-state index in [2.05, 4.69) is 29.0 Å². The molecule has 1 heterocycles. The van der Waals surface area contributed by atoms with Crippen LogP contribution in [0.4, 0.5) is 4.39 Å². The number of hydrogen-bond acceptors (Lipinski definition) is 4. The molecule has 0 spiro atoms. The van der Waals surface area contributed by atoms with Crippen LogP contribution in [-0.4, -0.2) is 42.0 Å². The summed E-state index contributed by atoms with van der Waals surface area (Å²) < 4.78 is 19.6. The quantitative estimate of drug-likeness (QED) is 0.735. The summed E-state index contributed by atoms with van der Waals surface area (Å²) in [6.45, 7) is 5.52. The van der Waals surface area contributed by atoms with Crippen molar-refractivity contribution < 1.29 is 13.9 Å². The first kappa shape index (κ1) is 19.6.